The zero-order valence-electron chi connectivity index (χ0n) is 43.9. The quantitative estimate of drug-likeness (QED) is 0.164. The first-order valence-electron chi connectivity index (χ1n) is 25.8. The maximum Gasteiger partial charge on any atom is 0.471 e. The number of alkyl halides is 12. The lowest BCUT2D eigenvalue weighted by Crippen LogP contribution is -2.55. The van der Waals surface area contributed by atoms with E-state index in [1.807, 2.05) is 0 Å². The Hall–Kier alpha value is -4.96. The summed E-state index contributed by atoms with van der Waals surface area (Å²) in [6, 6.07) is 3.22. The highest BCUT2D eigenvalue weighted by Gasteiger charge is 2.59. The zero-order chi connectivity index (χ0) is 58.9. The van der Waals surface area contributed by atoms with E-state index in [2.05, 4.69) is 0 Å². The van der Waals surface area contributed by atoms with Gasteiger partial charge >= 0.3 is 48.5 Å². The number of thioether (sulfide) groups is 2. The molecular weight excluding hydrogens is 1130 g/mol. The lowest BCUT2D eigenvalue weighted by molar-refractivity contribution is -0.192. The van der Waals surface area contributed by atoms with E-state index < -0.39 is 119 Å². The van der Waals surface area contributed by atoms with Crippen molar-refractivity contribution in [2.75, 3.05) is 38.2 Å². The number of carbonyl (C=O) groups is 6. The molecule has 0 spiro atoms. The average molecular weight is 1190 g/mol. The van der Waals surface area contributed by atoms with Crippen LogP contribution in [0.2, 0.25) is 0 Å². The molecule has 28 heteroatoms. The fourth-order valence-corrected chi connectivity index (χ4v) is 13.9. The van der Waals surface area contributed by atoms with Gasteiger partial charge in [-0.15, -0.1) is 23.5 Å². The van der Waals surface area contributed by atoms with Crippen LogP contribution in [0.25, 0.3) is 0 Å². The summed E-state index contributed by atoms with van der Waals surface area (Å²) < 4.78 is 183. The minimum atomic E-state index is -5.13. The molecule has 6 aliphatic rings. The third-order valence-electron chi connectivity index (χ3n) is 15.9. The topological polar surface area (TPSA) is 152 Å². The highest BCUT2D eigenvalue weighted by atomic mass is 32.2. The number of benzene rings is 2. The molecule has 2 aromatic carbocycles. The van der Waals surface area contributed by atoms with Gasteiger partial charge in [0.25, 0.3) is 0 Å². The summed E-state index contributed by atoms with van der Waals surface area (Å²) in [6.07, 6.45) is -20.8. The molecule has 6 atom stereocenters. The van der Waals surface area contributed by atoms with Crippen LogP contribution in [0, 0.1) is 10.8 Å². The molecule has 4 fully saturated rings. The number of nitrogens with zero attached hydrogens (tertiary/aromatic N) is 4. The Kier molecular flexibility index (Phi) is 19.2. The van der Waals surface area contributed by atoms with Gasteiger partial charge in [0.2, 0.25) is 11.8 Å². The molecule has 2 aromatic rings. The Morgan fingerprint density at radius 3 is 1.19 bits per heavy atom. The fraction of sp³-hybridized carbons (Fsp3) is 0.654. The van der Waals surface area contributed by atoms with Gasteiger partial charge in [0, 0.05) is 87.3 Å². The van der Waals surface area contributed by atoms with Crippen molar-refractivity contribution in [3.63, 3.8) is 0 Å². The van der Waals surface area contributed by atoms with Gasteiger partial charge < -0.3 is 38.5 Å². The molecule has 14 nitrogen and oxygen atoms in total. The predicted molar refractivity (Wildman–Crippen MR) is 262 cm³/mol. The Labute approximate surface area is 461 Å². The first kappa shape index (κ1) is 62.6. The van der Waals surface area contributed by atoms with E-state index >= 15 is 0 Å². The maximum atomic E-state index is 14.1. The molecule has 0 N–H and O–H groups in total. The molecule has 80 heavy (non-hydrogen) atoms. The SMILES string of the molecule is CC(=O)O[C@@H](C)[C@]1(C(=O)N2CSc3ccc(C(F)(F)F)cc3C2)CC[C@@H](N(C(=O)C(F)(F)F)C2CCOCC2)C1.CC(=O)O[C@H](C)[C@]1(C(=O)N2CSc3ccc(C(F)(F)F)cc3C2)CC[C@@H](N(C(=O)C(F)(F)F)C2CCOCC2)C1. The summed E-state index contributed by atoms with van der Waals surface area (Å²) in [5.41, 5.74) is -4.07. The van der Waals surface area contributed by atoms with Crippen LogP contribution in [0.5, 0.6) is 0 Å². The number of esters is 2. The lowest BCUT2D eigenvalue weighted by Gasteiger charge is -2.42. The Bertz CT molecular complexity index is 2450. The Morgan fingerprint density at radius 2 is 0.887 bits per heavy atom. The third-order valence-corrected chi connectivity index (χ3v) is 18.2. The van der Waals surface area contributed by atoms with Gasteiger partial charge in [-0.2, -0.15) is 52.7 Å². The number of ether oxygens (including phenoxy) is 4. The van der Waals surface area contributed by atoms with Crippen LogP contribution in [0.1, 0.15) is 114 Å². The predicted octanol–water partition coefficient (Wildman–Crippen LogP) is 10.3. The van der Waals surface area contributed by atoms with Gasteiger partial charge in [0.1, 0.15) is 12.2 Å². The standard InChI is InChI=1S/2C26H30F6N2O5S/c2*1-15(39-16(2)35)24(22(36)33-13-17-11-18(25(27,28)29)3-4-21(17)40-14-33)8-5-20(12-24)34(23(37)26(30,31)32)19-6-9-38-10-7-19/h2*3-4,11,15,19-20H,5-10,12-14H2,1-2H3/t15-,20+,24-;15-,20-,24+/m01/s1. The summed E-state index contributed by atoms with van der Waals surface area (Å²) in [6.45, 7) is 5.74. The zero-order valence-corrected chi connectivity index (χ0v) is 45.5. The second-order valence-electron chi connectivity index (χ2n) is 20.9. The van der Waals surface area contributed by atoms with Crippen molar-refractivity contribution in [3.8, 4) is 0 Å². The Balaban J connectivity index is 0.000000231. The van der Waals surface area contributed by atoms with E-state index in [9.17, 15) is 81.5 Å². The van der Waals surface area contributed by atoms with Crippen molar-refractivity contribution in [1.82, 2.24) is 19.6 Å². The number of amides is 4. The molecule has 2 saturated heterocycles. The number of rotatable bonds is 10. The number of halogens is 12. The van der Waals surface area contributed by atoms with E-state index in [1.54, 1.807) is 0 Å². The highest BCUT2D eigenvalue weighted by molar-refractivity contribution is 7.99. The van der Waals surface area contributed by atoms with Crippen molar-refractivity contribution in [1.29, 1.82) is 0 Å². The second kappa shape index (κ2) is 24.5. The van der Waals surface area contributed by atoms with Gasteiger partial charge in [-0.1, -0.05) is 0 Å². The number of fused-ring (bicyclic) bond motifs is 2. The van der Waals surface area contributed by atoms with E-state index in [0.717, 1.165) is 47.9 Å². The molecule has 0 radical (unpaired) electrons. The van der Waals surface area contributed by atoms with Crippen LogP contribution < -0.4 is 0 Å². The van der Waals surface area contributed by atoms with Crippen LogP contribution in [0.4, 0.5) is 52.7 Å². The first-order chi connectivity index (χ1) is 37.3. The normalized spacial score (nSPS) is 24.8. The molecular formula is C52H60F12N4O10S2. The monoisotopic (exact) mass is 1190 g/mol. The summed E-state index contributed by atoms with van der Waals surface area (Å²) in [5, 5.41) is 0. The Morgan fingerprint density at radius 1 is 0.550 bits per heavy atom. The van der Waals surface area contributed by atoms with Gasteiger partial charge in [-0.05, 0) is 126 Å². The molecule has 0 bridgehead atoms. The van der Waals surface area contributed by atoms with Crippen molar-refractivity contribution in [3.05, 3.63) is 58.7 Å². The van der Waals surface area contributed by atoms with Gasteiger partial charge in [0.05, 0.1) is 33.7 Å². The molecule has 0 unspecified atom stereocenters. The van der Waals surface area contributed by atoms with E-state index in [0.29, 0.717) is 20.9 Å². The first-order valence-corrected chi connectivity index (χ1v) is 27.8. The molecule has 4 aliphatic heterocycles. The van der Waals surface area contributed by atoms with Crippen LogP contribution in [-0.2, 0) is 73.2 Å². The third kappa shape index (κ3) is 13.9. The smallest absolute Gasteiger partial charge is 0.462 e. The van der Waals surface area contributed by atoms with E-state index in [-0.39, 0.29) is 115 Å². The molecule has 2 saturated carbocycles. The molecule has 8 rings (SSSR count). The minimum absolute atomic E-state index is 0.0341. The summed E-state index contributed by atoms with van der Waals surface area (Å²) >= 11 is 2.34. The molecule has 2 aliphatic carbocycles. The average Bonchev–Trinajstić information content (AvgIpc) is 4.05. The number of hydrogen-bond donors (Lipinski definition) is 0. The van der Waals surface area contributed by atoms with Crippen molar-refractivity contribution in [2.45, 2.75) is 176 Å². The van der Waals surface area contributed by atoms with Crippen LogP contribution in [-0.4, -0.2) is 142 Å². The maximum absolute atomic E-state index is 14.1. The van der Waals surface area contributed by atoms with Crippen molar-refractivity contribution < 1.29 is 100 Å². The molecule has 0 aromatic heterocycles. The van der Waals surface area contributed by atoms with Gasteiger partial charge in [0.15, 0.2) is 0 Å². The fourth-order valence-electron chi connectivity index (χ4n) is 12.0. The lowest BCUT2D eigenvalue weighted by atomic mass is 9.78. The highest BCUT2D eigenvalue weighted by Crippen LogP contribution is 2.51. The molecule has 4 heterocycles. The summed E-state index contributed by atoms with van der Waals surface area (Å²) in [4.78, 5) is 82.7. The van der Waals surface area contributed by atoms with Crippen LogP contribution in [0.3, 0.4) is 0 Å². The second-order valence-corrected chi connectivity index (χ2v) is 22.9. The van der Waals surface area contributed by atoms with Crippen molar-refractivity contribution >= 4 is 59.1 Å². The molecule has 444 valence electrons. The van der Waals surface area contributed by atoms with Crippen LogP contribution >= 0.6 is 23.5 Å². The number of hydrogen-bond acceptors (Lipinski definition) is 12. The van der Waals surface area contributed by atoms with E-state index in [1.165, 1.54) is 59.3 Å². The minimum Gasteiger partial charge on any atom is -0.462 e. The van der Waals surface area contributed by atoms with Crippen LogP contribution in [0.15, 0.2) is 46.2 Å². The van der Waals surface area contributed by atoms with Gasteiger partial charge in [-0.3, -0.25) is 28.8 Å². The summed E-state index contributed by atoms with van der Waals surface area (Å²) in [5.74, 6) is -6.24. The summed E-state index contributed by atoms with van der Waals surface area (Å²) in [7, 11) is 0. The largest absolute Gasteiger partial charge is 0.471 e. The van der Waals surface area contributed by atoms with Gasteiger partial charge in [-0.25, -0.2) is 0 Å². The molecule has 4 amide bonds. The number of carbonyl (C=O) groups excluding carboxylic acids is 6. The van der Waals surface area contributed by atoms with Crippen molar-refractivity contribution in [2.24, 2.45) is 10.8 Å². The van der Waals surface area contributed by atoms with E-state index in [4.69, 9.17) is 18.9 Å².